The van der Waals surface area contributed by atoms with Gasteiger partial charge in [0, 0.05) is 0 Å². The molecule has 2 heterocycles. The van der Waals surface area contributed by atoms with Crippen LogP contribution in [0.1, 0.15) is 221 Å². The highest BCUT2D eigenvalue weighted by Gasteiger charge is 2.53. The molecule has 0 aromatic carbocycles. The maximum Gasteiger partial charge on any atom is 0.0895 e. The smallest absolute Gasteiger partial charge is 0.0895 e. The normalized spacial score (nSPS) is 21.9. The first-order valence-electron chi connectivity index (χ1n) is 20.8. The van der Waals surface area contributed by atoms with Gasteiger partial charge in [-0.25, -0.2) is 0 Å². The maximum absolute atomic E-state index is 5.65. The van der Waals surface area contributed by atoms with Gasteiger partial charge in [0.1, 0.15) is 0 Å². The van der Waals surface area contributed by atoms with Gasteiger partial charge in [-0.3, -0.25) is 0 Å². The van der Waals surface area contributed by atoms with Crippen LogP contribution < -0.4 is 0 Å². The highest BCUT2D eigenvalue weighted by molar-refractivity contribution is 5.01. The van der Waals surface area contributed by atoms with Gasteiger partial charge in [0.05, 0.1) is 24.4 Å². The molecule has 0 bridgehead atoms. The lowest BCUT2D eigenvalue weighted by Crippen LogP contribution is -2.23. The third-order valence-corrected chi connectivity index (χ3v) is 8.19. The van der Waals surface area contributed by atoms with Crippen LogP contribution in [0.15, 0.2) is 24.3 Å². The molecule has 4 unspecified atom stereocenters. The third kappa shape index (κ3) is 36.4. The monoisotopic (exact) mass is 735 g/mol. The molecule has 0 aromatic heterocycles. The summed E-state index contributed by atoms with van der Waals surface area (Å²) in [5.74, 6) is 0. The lowest BCUT2D eigenvalue weighted by atomic mass is 9.81. The Hall–Kier alpha value is -0.600. The highest BCUT2D eigenvalue weighted by Crippen LogP contribution is 2.47. The summed E-state index contributed by atoms with van der Waals surface area (Å²) in [5, 5.41) is 0. The van der Waals surface area contributed by atoms with E-state index in [4.69, 9.17) is 9.47 Å². The molecule has 2 heteroatoms. The standard InChI is InChI=1S/2C10H20O.C10H22.2C10H20/c2*1-9(2,3)7-8(11-7)10(4,5)6;3*1-9(2,3)7-8-10(4,5)6/h2*7-8H,1-6H3;7-8H2,1-6H3;2*7-8H,1-6H3/b;;;8-7+;8-7-. The third-order valence-electron chi connectivity index (χ3n) is 8.19. The van der Waals surface area contributed by atoms with Crippen LogP contribution in [0.5, 0.6) is 0 Å². The summed E-state index contributed by atoms with van der Waals surface area (Å²) in [5.41, 5.74) is 3.59. The van der Waals surface area contributed by atoms with Crippen molar-refractivity contribution in [2.75, 3.05) is 0 Å². The zero-order valence-electron chi connectivity index (χ0n) is 41.8. The number of allylic oxidation sites excluding steroid dienone is 4. The van der Waals surface area contributed by atoms with Gasteiger partial charge in [0.2, 0.25) is 0 Å². The van der Waals surface area contributed by atoms with E-state index >= 15 is 0 Å². The minimum Gasteiger partial charge on any atom is -0.368 e. The molecule has 314 valence electrons. The largest absolute Gasteiger partial charge is 0.368 e. The van der Waals surface area contributed by atoms with Gasteiger partial charge in [-0.2, -0.15) is 0 Å². The van der Waals surface area contributed by atoms with Crippen LogP contribution in [0.2, 0.25) is 0 Å². The van der Waals surface area contributed by atoms with Gasteiger partial charge in [-0.15, -0.1) is 0 Å². The Bertz CT molecular complexity index is 860. The van der Waals surface area contributed by atoms with Crippen molar-refractivity contribution in [2.45, 2.75) is 245 Å². The summed E-state index contributed by atoms with van der Waals surface area (Å²) in [4.78, 5) is 0. The van der Waals surface area contributed by atoms with Gasteiger partial charge in [-0.05, 0) is 67.0 Å². The zero-order chi connectivity index (χ0) is 43.0. The minimum absolute atomic E-state index is 0.317. The number of hydrogen-bond acceptors (Lipinski definition) is 2. The Morgan fingerprint density at radius 1 is 0.269 bits per heavy atom. The van der Waals surface area contributed by atoms with Crippen LogP contribution >= 0.6 is 0 Å². The van der Waals surface area contributed by atoms with Gasteiger partial charge in [0.25, 0.3) is 0 Å². The fraction of sp³-hybridized carbons (Fsp3) is 0.920. The zero-order valence-corrected chi connectivity index (χ0v) is 41.8. The van der Waals surface area contributed by atoms with Crippen LogP contribution in [-0.2, 0) is 9.47 Å². The Kier molecular flexibility index (Phi) is 20.9. The molecule has 2 aliphatic rings. The lowest BCUT2D eigenvalue weighted by Gasteiger charge is -2.24. The molecule has 0 aliphatic carbocycles. The molecule has 52 heavy (non-hydrogen) atoms. The van der Waals surface area contributed by atoms with E-state index in [1.807, 2.05) is 0 Å². The Morgan fingerprint density at radius 2 is 0.404 bits per heavy atom. The maximum atomic E-state index is 5.65. The summed E-state index contributed by atoms with van der Waals surface area (Å²) in [6.45, 7) is 67.3. The summed E-state index contributed by atoms with van der Waals surface area (Å²) < 4.78 is 11.3. The van der Waals surface area contributed by atoms with Crippen molar-refractivity contribution in [3.05, 3.63) is 24.3 Å². The number of ether oxygens (including phenoxy) is 2. The molecule has 2 aliphatic heterocycles. The fourth-order valence-corrected chi connectivity index (χ4v) is 4.61. The van der Waals surface area contributed by atoms with Crippen molar-refractivity contribution in [3.8, 4) is 0 Å². The summed E-state index contributed by atoms with van der Waals surface area (Å²) in [6, 6.07) is 0. The average Bonchev–Trinajstić information content (AvgIpc) is 3.68. The number of rotatable bonds is 1. The van der Waals surface area contributed by atoms with Crippen LogP contribution in [0.4, 0.5) is 0 Å². The topological polar surface area (TPSA) is 25.1 Å². The summed E-state index contributed by atoms with van der Waals surface area (Å²) in [7, 11) is 0. The van der Waals surface area contributed by atoms with E-state index in [0.717, 1.165) is 0 Å². The molecule has 2 nitrogen and oxygen atoms in total. The molecule has 4 atom stereocenters. The number of hydrogen-bond donors (Lipinski definition) is 0. The van der Waals surface area contributed by atoms with Gasteiger partial charge in [0.15, 0.2) is 0 Å². The van der Waals surface area contributed by atoms with Crippen molar-refractivity contribution in [3.63, 3.8) is 0 Å². The minimum atomic E-state index is 0.317. The molecule has 0 N–H and O–H groups in total. The first-order chi connectivity index (χ1) is 22.1. The van der Waals surface area contributed by atoms with Crippen LogP contribution in [-0.4, -0.2) is 24.4 Å². The molecular weight excluding hydrogens is 633 g/mol. The molecule has 0 amide bonds. The van der Waals surface area contributed by atoms with E-state index in [-0.39, 0.29) is 0 Å². The van der Waals surface area contributed by atoms with Crippen LogP contribution in [0.3, 0.4) is 0 Å². The molecule has 0 saturated carbocycles. The second kappa shape index (κ2) is 19.5. The number of epoxide rings is 2. The van der Waals surface area contributed by atoms with Crippen molar-refractivity contribution in [1.29, 1.82) is 0 Å². The van der Waals surface area contributed by atoms with E-state index in [2.05, 4.69) is 232 Å². The van der Waals surface area contributed by atoms with Crippen LogP contribution in [0, 0.1) is 54.1 Å². The van der Waals surface area contributed by atoms with E-state index in [1.54, 1.807) is 0 Å². The van der Waals surface area contributed by atoms with Gasteiger partial charge < -0.3 is 9.47 Å². The van der Waals surface area contributed by atoms with Crippen molar-refractivity contribution in [1.82, 2.24) is 0 Å². The predicted octanol–water partition coefficient (Wildman–Crippen LogP) is 16.8. The quantitative estimate of drug-likeness (QED) is 0.198. The summed E-state index contributed by atoms with van der Waals surface area (Å²) in [6.07, 6.45) is 13.6. The van der Waals surface area contributed by atoms with Crippen LogP contribution in [0.25, 0.3) is 0 Å². The van der Waals surface area contributed by atoms with Crippen molar-refractivity contribution in [2.24, 2.45) is 54.1 Å². The summed E-state index contributed by atoms with van der Waals surface area (Å²) >= 11 is 0. The average molecular weight is 735 g/mol. The van der Waals surface area contributed by atoms with E-state index in [9.17, 15) is 0 Å². The van der Waals surface area contributed by atoms with Gasteiger partial charge >= 0.3 is 0 Å². The second-order valence-electron chi connectivity index (χ2n) is 27.2. The fourth-order valence-electron chi connectivity index (χ4n) is 4.61. The first-order valence-corrected chi connectivity index (χ1v) is 20.8. The molecule has 0 aromatic rings. The second-order valence-corrected chi connectivity index (χ2v) is 27.2. The molecule has 2 saturated heterocycles. The van der Waals surface area contributed by atoms with Crippen molar-refractivity contribution < 1.29 is 9.47 Å². The van der Waals surface area contributed by atoms with Crippen molar-refractivity contribution >= 4 is 0 Å². The molecular formula is C50H102O2. The SMILES string of the molecule is CC(C)(C)/C=C/C(C)(C)C.CC(C)(C)/C=C\C(C)(C)C.CC(C)(C)C1OC1C(C)(C)C.CC(C)(C)C1OC1C(C)(C)C.CC(C)(C)CCC(C)(C)C. The Morgan fingerprint density at radius 3 is 0.462 bits per heavy atom. The van der Waals surface area contributed by atoms with Gasteiger partial charge in [-0.1, -0.05) is 232 Å². The van der Waals surface area contributed by atoms with E-state index in [1.165, 1.54) is 12.8 Å². The Balaban J connectivity index is -0.000000578. The molecule has 2 rings (SSSR count). The molecule has 0 radical (unpaired) electrons. The first kappa shape index (κ1) is 55.7. The van der Waals surface area contributed by atoms with E-state index < -0.39 is 0 Å². The van der Waals surface area contributed by atoms with E-state index in [0.29, 0.717) is 78.6 Å². The lowest BCUT2D eigenvalue weighted by molar-refractivity contribution is 0.236. The molecule has 0 spiro atoms. The predicted molar refractivity (Wildman–Crippen MR) is 239 cm³/mol. The Labute approximate surface area is 331 Å². The highest BCUT2D eigenvalue weighted by atomic mass is 16.6. The molecule has 2 fully saturated rings.